The second-order valence-electron chi connectivity index (χ2n) is 4.68. The molecule has 0 bridgehead atoms. The van der Waals surface area contributed by atoms with Crippen LogP contribution in [0.2, 0.25) is 5.02 Å². The van der Waals surface area contributed by atoms with Crippen LogP contribution in [0.4, 0.5) is 5.69 Å². The Kier molecular flexibility index (Phi) is 3.78. The second kappa shape index (κ2) is 5.16. The van der Waals surface area contributed by atoms with Gasteiger partial charge in [-0.1, -0.05) is 17.7 Å². The molecule has 2 rings (SSSR count). The molecular weight excluding hydrogens is 250 g/mol. The molecule has 5 heteroatoms. The van der Waals surface area contributed by atoms with Crippen molar-refractivity contribution in [1.29, 1.82) is 0 Å². The highest BCUT2D eigenvalue weighted by atomic mass is 35.5. The van der Waals surface area contributed by atoms with Crippen molar-refractivity contribution >= 4 is 23.2 Å². The number of rotatable bonds is 2. The maximum absolute atomic E-state index is 12.2. The first-order valence-electron chi connectivity index (χ1n) is 6.03. The van der Waals surface area contributed by atoms with E-state index in [0.29, 0.717) is 11.6 Å². The van der Waals surface area contributed by atoms with Crippen molar-refractivity contribution in [3.8, 4) is 0 Å². The molecule has 0 aromatic heterocycles. The van der Waals surface area contributed by atoms with Crippen LogP contribution in [-0.2, 0) is 4.79 Å². The van der Waals surface area contributed by atoms with Gasteiger partial charge in [0.15, 0.2) is 0 Å². The highest BCUT2D eigenvalue weighted by Gasteiger charge is 2.35. The summed E-state index contributed by atoms with van der Waals surface area (Å²) in [4.78, 5) is 16.0. The minimum absolute atomic E-state index is 0.0659. The van der Waals surface area contributed by atoms with Gasteiger partial charge < -0.3 is 15.5 Å². The number of carbonyl (C=O) groups is 1. The van der Waals surface area contributed by atoms with Gasteiger partial charge in [-0.3, -0.25) is 4.79 Å². The molecule has 1 aliphatic rings. The van der Waals surface area contributed by atoms with Crippen LogP contribution in [0.3, 0.4) is 0 Å². The molecule has 1 amide bonds. The van der Waals surface area contributed by atoms with E-state index in [4.69, 9.17) is 17.3 Å². The van der Waals surface area contributed by atoms with E-state index < -0.39 is 0 Å². The van der Waals surface area contributed by atoms with Crippen LogP contribution in [0.25, 0.3) is 0 Å². The SMILES string of the molecule is CC1CN(c2cccc(Cl)c2)C(CN)C(=O)N1C. The molecule has 2 atom stereocenters. The number of benzene rings is 1. The molecule has 1 heterocycles. The van der Waals surface area contributed by atoms with Crippen LogP contribution in [0, 0.1) is 0 Å². The van der Waals surface area contributed by atoms with Gasteiger partial charge in [0.1, 0.15) is 6.04 Å². The lowest BCUT2D eigenvalue weighted by Crippen LogP contribution is -2.62. The van der Waals surface area contributed by atoms with E-state index >= 15 is 0 Å². The standard InChI is InChI=1S/C13H18ClN3O/c1-9-8-17(11-5-3-4-10(14)6-11)12(7-15)13(18)16(9)2/h3-6,9,12H,7-8,15H2,1-2H3. The number of likely N-dealkylation sites (N-methyl/N-ethyl adjacent to an activating group) is 1. The zero-order valence-corrected chi connectivity index (χ0v) is 11.4. The Morgan fingerprint density at radius 3 is 2.83 bits per heavy atom. The third kappa shape index (κ3) is 2.31. The second-order valence-corrected chi connectivity index (χ2v) is 5.12. The predicted octanol–water partition coefficient (Wildman–Crippen LogP) is 1.33. The number of halogens is 1. The Bertz CT molecular complexity index is 452. The summed E-state index contributed by atoms with van der Waals surface area (Å²) in [5.41, 5.74) is 6.70. The van der Waals surface area contributed by atoms with Crippen molar-refractivity contribution in [2.75, 3.05) is 25.0 Å². The lowest BCUT2D eigenvalue weighted by atomic mass is 10.1. The smallest absolute Gasteiger partial charge is 0.246 e. The molecule has 0 aliphatic carbocycles. The van der Waals surface area contributed by atoms with Crippen LogP contribution in [0.15, 0.2) is 24.3 Å². The molecule has 4 nitrogen and oxygen atoms in total. The average Bonchev–Trinajstić information content (AvgIpc) is 2.35. The van der Waals surface area contributed by atoms with Crippen LogP contribution in [0.1, 0.15) is 6.92 Å². The molecule has 1 aliphatic heterocycles. The van der Waals surface area contributed by atoms with E-state index in [1.54, 1.807) is 4.90 Å². The first kappa shape index (κ1) is 13.2. The minimum Gasteiger partial charge on any atom is -0.356 e. The summed E-state index contributed by atoms with van der Waals surface area (Å²) < 4.78 is 0. The maximum Gasteiger partial charge on any atom is 0.246 e. The van der Waals surface area contributed by atoms with E-state index in [-0.39, 0.29) is 18.0 Å². The van der Waals surface area contributed by atoms with Crippen molar-refractivity contribution in [2.45, 2.75) is 19.0 Å². The molecule has 1 aromatic carbocycles. The van der Waals surface area contributed by atoms with Crippen molar-refractivity contribution in [3.63, 3.8) is 0 Å². The first-order chi connectivity index (χ1) is 8.54. The zero-order chi connectivity index (χ0) is 13.3. The summed E-state index contributed by atoms with van der Waals surface area (Å²) in [7, 11) is 1.82. The van der Waals surface area contributed by atoms with Gasteiger partial charge in [0.05, 0.1) is 0 Å². The summed E-state index contributed by atoms with van der Waals surface area (Å²) in [5.74, 6) is 0.0659. The number of carbonyl (C=O) groups excluding carboxylic acids is 1. The zero-order valence-electron chi connectivity index (χ0n) is 10.6. The van der Waals surface area contributed by atoms with Crippen LogP contribution in [-0.4, -0.2) is 43.0 Å². The summed E-state index contributed by atoms with van der Waals surface area (Å²) in [6.07, 6.45) is 0. The fourth-order valence-corrected chi connectivity index (χ4v) is 2.47. The lowest BCUT2D eigenvalue weighted by molar-refractivity contribution is -0.134. The van der Waals surface area contributed by atoms with Crippen LogP contribution < -0.4 is 10.6 Å². The average molecular weight is 268 g/mol. The molecule has 0 spiro atoms. The Labute approximate surface area is 112 Å². The number of amides is 1. The molecule has 1 aromatic rings. The van der Waals surface area contributed by atoms with E-state index in [9.17, 15) is 4.79 Å². The van der Waals surface area contributed by atoms with E-state index in [1.165, 1.54) is 0 Å². The van der Waals surface area contributed by atoms with Gasteiger partial charge in [0.25, 0.3) is 0 Å². The van der Waals surface area contributed by atoms with Gasteiger partial charge in [0, 0.05) is 36.9 Å². The van der Waals surface area contributed by atoms with E-state index in [2.05, 4.69) is 0 Å². The van der Waals surface area contributed by atoms with Crippen molar-refractivity contribution < 1.29 is 4.79 Å². The molecule has 2 N–H and O–H groups in total. The predicted molar refractivity (Wildman–Crippen MR) is 73.9 cm³/mol. The lowest BCUT2D eigenvalue weighted by Gasteiger charge is -2.44. The molecule has 0 radical (unpaired) electrons. The molecule has 18 heavy (non-hydrogen) atoms. The number of piperazine rings is 1. The number of nitrogens with two attached hydrogens (primary N) is 1. The Morgan fingerprint density at radius 2 is 2.22 bits per heavy atom. The summed E-state index contributed by atoms with van der Waals surface area (Å²) in [6.45, 7) is 3.11. The molecule has 98 valence electrons. The fourth-order valence-electron chi connectivity index (χ4n) is 2.29. The maximum atomic E-state index is 12.2. The third-order valence-electron chi connectivity index (χ3n) is 3.49. The first-order valence-corrected chi connectivity index (χ1v) is 6.41. The monoisotopic (exact) mass is 267 g/mol. The quantitative estimate of drug-likeness (QED) is 0.880. The van der Waals surface area contributed by atoms with E-state index in [1.807, 2.05) is 43.1 Å². The summed E-state index contributed by atoms with van der Waals surface area (Å²) in [5, 5.41) is 0.669. The third-order valence-corrected chi connectivity index (χ3v) is 3.73. The number of hydrogen-bond donors (Lipinski definition) is 1. The number of hydrogen-bond acceptors (Lipinski definition) is 3. The van der Waals surface area contributed by atoms with Crippen LogP contribution >= 0.6 is 11.6 Å². The van der Waals surface area contributed by atoms with Crippen molar-refractivity contribution in [1.82, 2.24) is 4.90 Å². The van der Waals surface area contributed by atoms with Gasteiger partial charge in [-0.25, -0.2) is 0 Å². The molecule has 0 saturated carbocycles. The topological polar surface area (TPSA) is 49.6 Å². The Morgan fingerprint density at radius 1 is 1.50 bits per heavy atom. The molecule has 1 saturated heterocycles. The van der Waals surface area contributed by atoms with Crippen LogP contribution in [0.5, 0.6) is 0 Å². The van der Waals surface area contributed by atoms with Gasteiger partial charge >= 0.3 is 0 Å². The largest absolute Gasteiger partial charge is 0.356 e. The molecular formula is C13H18ClN3O. The Balaban J connectivity index is 2.33. The summed E-state index contributed by atoms with van der Waals surface area (Å²) in [6, 6.07) is 7.40. The molecule has 2 unspecified atom stereocenters. The van der Waals surface area contributed by atoms with Gasteiger partial charge in [-0.15, -0.1) is 0 Å². The van der Waals surface area contributed by atoms with Gasteiger partial charge in [0.2, 0.25) is 5.91 Å². The highest BCUT2D eigenvalue weighted by molar-refractivity contribution is 6.30. The normalized spacial score (nSPS) is 24.6. The molecule has 1 fully saturated rings. The van der Waals surface area contributed by atoms with Crippen molar-refractivity contribution in [2.24, 2.45) is 5.73 Å². The van der Waals surface area contributed by atoms with E-state index in [0.717, 1.165) is 12.2 Å². The van der Waals surface area contributed by atoms with Gasteiger partial charge in [-0.2, -0.15) is 0 Å². The summed E-state index contributed by atoms with van der Waals surface area (Å²) >= 11 is 6.00. The number of nitrogens with zero attached hydrogens (tertiary/aromatic N) is 2. The highest BCUT2D eigenvalue weighted by Crippen LogP contribution is 2.25. The van der Waals surface area contributed by atoms with Crippen molar-refractivity contribution in [3.05, 3.63) is 29.3 Å². The van der Waals surface area contributed by atoms with Gasteiger partial charge in [-0.05, 0) is 25.1 Å². The fraction of sp³-hybridized carbons (Fsp3) is 0.462. The number of anilines is 1. The Hall–Kier alpha value is -1.26. The minimum atomic E-state index is -0.301.